The Morgan fingerprint density at radius 3 is 1.82 bits per heavy atom. The largest absolute Gasteiger partial charge is 0.494 e. The minimum atomic E-state index is 0.802. The van der Waals surface area contributed by atoms with Crippen molar-refractivity contribution < 1.29 is 4.74 Å². The first-order chi connectivity index (χ1) is 13.9. The molecule has 0 saturated carbocycles. The van der Waals surface area contributed by atoms with Crippen molar-refractivity contribution in [3.63, 3.8) is 0 Å². The van der Waals surface area contributed by atoms with Crippen molar-refractivity contribution in [3.05, 3.63) is 29.8 Å². The summed E-state index contributed by atoms with van der Waals surface area (Å²) in [5.41, 5.74) is 1.32. The molecule has 2 nitrogen and oxygen atoms in total. The fourth-order valence-corrected chi connectivity index (χ4v) is 3.64. The highest BCUT2D eigenvalue weighted by molar-refractivity contribution is 5.28. The van der Waals surface area contributed by atoms with Crippen LogP contribution in [0.5, 0.6) is 5.75 Å². The Morgan fingerprint density at radius 2 is 1.25 bits per heavy atom. The van der Waals surface area contributed by atoms with E-state index in [1.807, 2.05) is 6.07 Å². The number of unbranched alkanes of at least 4 members (excludes halogenated alkanes) is 13. The van der Waals surface area contributed by atoms with Crippen LogP contribution in [0.4, 0.5) is 0 Å². The van der Waals surface area contributed by atoms with Gasteiger partial charge in [0.25, 0.3) is 0 Å². The van der Waals surface area contributed by atoms with E-state index in [4.69, 9.17) is 4.74 Å². The van der Waals surface area contributed by atoms with Gasteiger partial charge < -0.3 is 10.1 Å². The van der Waals surface area contributed by atoms with Crippen LogP contribution in [0.1, 0.15) is 116 Å². The van der Waals surface area contributed by atoms with E-state index in [9.17, 15) is 0 Å². The number of ether oxygens (including phenoxy) is 1. The number of hydrogen-bond acceptors (Lipinski definition) is 2. The lowest BCUT2D eigenvalue weighted by Crippen LogP contribution is -2.14. The summed E-state index contributed by atoms with van der Waals surface area (Å²) in [6.07, 6.45) is 21.0. The van der Waals surface area contributed by atoms with Crippen LogP contribution in [0, 0.1) is 0 Å². The smallest absolute Gasteiger partial charge is 0.119 e. The lowest BCUT2D eigenvalue weighted by atomic mass is 10.0. The van der Waals surface area contributed by atoms with Crippen molar-refractivity contribution in [1.82, 2.24) is 5.32 Å². The zero-order valence-corrected chi connectivity index (χ0v) is 18.9. The highest BCUT2D eigenvalue weighted by Crippen LogP contribution is 2.14. The maximum atomic E-state index is 5.70. The second-order valence-corrected chi connectivity index (χ2v) is 8.27. The van der Waals surface area contributed by atoms with E-state index >= 15 is 0 Å². The van der Waals surface area contributed by atoms with E-state index in [2.05, 4.69) is 37.4 Å². The van der Waals surface area contributed by atoms with Gasteiger partial charge in [-0.3, -0.25) is 0 Å². The third-order valence-corrected chi connectivity index (χ3v) is 5.41. The number of hydrogen-bond donors (Lipinski definition) is 1. The molecule has 0 fully saturated rings. The van der Waals surface area contributed by atoms with Crippen molar-refractivity contribution in [2.45, 2.75) is 117 Å². The van der Waals surface area contributed by atoms with E-state index in [-0.39, 0.29) is 0 Å². The summed E-state index contributed by atoms with van der Waals surface area (Å²) < 4.78 is 5.70. The zero-order valence-electron chi connectivity index (χ0n) is 18.9. The lowest BCUT2D eigenvalue weighted by molar-refractivity contribution is 0.317. The molecule has 1 aromatic carbocycles. The van der Waals surface area contributed by atoms with Crippen LogP contribution in [-0.2, 0) is 6.54 Å². The molecule has 0 radical (unpaired) electrons. The van der Waals surface area contributed by atoms with E-state index in [0.29, 0.717) is 0 Å². The summed E-state index contributed by atoms with van der Waals surface area (Å²) in [5, 5.41) is 3.57. The van der Waals surface area contributed by atoms with Crippen LogP contribution >= 0.6 is 0 Å². The van der Waals surface area contributed by atoms with Crippen molar-refractivity contribution in [1.29, 1.82) is 0 Å². The number of rotatable bonds is 20. The summed E-state index contributed by atoms with van der Waals surface area (Å²) in [4.78, 5) is 0. The average molecular weight is 390 g/mol. The van der Waals surface area contributed by atoms with Crippen molar-refractivity contribution >= 4 is 0 Å². The van der Waals surface area contributed by atoms with Gasteiger partial charge in [0.15, 0.2) is 0 Å². The van der Waals surface area contributed by atoms with Crippen LogP contribution in [0.3, 0.4) is 0 Å². The molecule has 0 atom stereocenters. The van der Waals surface area contributed by atoms with E-state index in [0.717, 1.165) is 31.9 Å². The molecule has 0 amide bonds. The Hall–Kier alpha value is -1.02. The van der Waals surface area contributed by atoms with Crippen molar-refractivity contribution in [3.8, 4) is 5.75 Å². The topological polar surface area (TPSA) is 21.3 Å². The third kappa shape index (κ3) is 15.0. The standard InChI is InChI=1S/C26H47NO/c1-3-5-6-7-8-9-10-11-12-13-14-15-16-17-21-27-24-25-19-18-20-26(23-25)28-22-4-2/h18-20,23,27H,3-17,21-22,24H2,1-2H3. The Kier molecular flexibility index (Phi) is 17.2. The fraction of sp³-hybridized carbons (Fsp3) is 0.769. The first-order valence-corrected chi connectivity index (χ1v) is 12.3. The summed E-state index contributed by atoms with van der Waals surface area (Å²) in [6.45, 7) is 7.30. The first kappa shape index (κ1) is 25.0. The molecule has 2 heteroatoms. The van der Waals surface area contributed by atoms with Gasteiger partial charge in [-0.1, -0.05) is 109 Å². The molecular weight excluding hydrogens is 342 g/mol. The SMILES string of the molecule is CCCCCCCCCCCCCCCCNCc1cccc(OCCC)c1. The molecule has 0 bridgehead atoms. The van der Waals surface area contributed by atoms with Gasteiger partial charge in [-0.15, -0.1) is 0 Å². The van der Waals surface area contributed by atoms with Gasteiger partial charge in [0.2, 0.25) is 0 Å². The molecule has 0 aliphatic carbocycles. The van der Waals surface area contributed by atoms with E-state index < -0.39 is 0 Å². The second kappa shape index (κ2) is 19.3. The first-order valence-electron chi connectivity index (χ1n) is 12.3. The molecule has 0 aliphatic heterocycles. The van der Waals surface area contributed by atoms with Crippen LogP contribution in [0.2, 0.25) is 0 Å². The number of benzene rings is 1. The molecule has 162 valence electrons. The van der Waals surface area contributed by atoms with Crippen molar-refractivity contribution in [2.75, 3.05) is 13.2 Å². The normalized spacial score (nSPS) is 11.1. The molecule has 28 heavy (non-hydrogen) atoms. The summed E-state index contributed by atoms with van der Waals surface area (Å²) in [7, 11) is 0. The van der Waals surface area contributed by atoms with Crippen LogP contribution in [0.15, 0.2) is 24.3 Å². The monoisotopic (exact) mass is 389 g/mol. The molecule has 0 unspecified atom stereocenters. The highest BCUT2D eigenvalue weighted by atomic mass is 16.5. The fourth-order valence-electron chi connectivity index (χ4n) is 3.64. The van der Waals surface area contributed by atoms with Gasteiger partial charge >= 0.3 is 0 Å². The summed E-state index contributed by atoms with van der Waals surface area (Å²) >= 11 is 0. The Morgan fingerprint density at radius 1 is 0.679 bits per heavy atom. The van der Waals surface area contributed by atoms with E-state index in [1.165, 1.54) is 95.5 Å². The van der Waals surface area contributed by atoms with Gasteiger partial charge in [-0.2, -0.15) is 0 Å². The van der Waals surface area contributed by atoms with Crippen LogP contribution < -0.4 is 10.1 Å². The van der Waals surface area contributed by atoms with E-state index in [1.54, 1.807) is 0 Å². The molecule has 0 spiro atoms. The Labute approximate surface area is 175 Å². The molecular formula is C26H47NO. The molecule has 0 heterocycles. The van der Waals surface area contributed by atoms with Crippen LogP contribution in [-0.4, -0.2) is 13.2 Å². The minimum Gasteiger partial charge on any atom is -0.494 e. The molecule has 1 rings (SSSR count). The summed E-state index contributed by atoms with van der Waals surface area (Å²) in [6, 6.07) is 8.48. The van der Waals surface area contributed by atoms with Gasteiger partial charge in [0.1, 0.15) is 5.75 Å². The maximum absolute atomic E-state index is 5.70. The molecule has 1 N–H and O–H groups in total. The zero-order chi connectivity index (χ0) is 20.1. The Bertz CT molecular complexity index is 446. The van der Waals surface area contributed by atoms with Gasteiger partial charge in [-0.25, -0.2) is 0 Å². The van der Waals surface area contributed by atoms with Crippen LogP contribution in [0.25, 0.3) is 0 Å². The lowest BCUT2D eigenvalue weighted by Gasteiger charge is -2.08. The van der Waals surface area contributed by atoms with Gasteiger partial charge in [0, 0.05) is 6.54 Å². The number of nitrogens with one attached hydrogen (secondary N) is 1. The average Bonchev–Trinajstić information content (AvgIpc) is 2.72. The summed E-state index contributed by atoms with van der Waals surface area (Å²) in [5.74, 6) is 0.998. The van der Waals surface area contributed by atoms with Gasteiger partial charge in [0.05, 0.1) is 6.61 Å². The quantitative estimate of drug-likeness (QED) is 0.228. The molecule has 1 aromatic rings. The molecule has 0 saturated heterocycles. The predicted molar refractivity (Wildman–Crippen MR) is 124 cm³/mol. The highest BCUT2D eigenvalue weighted by Gasteiger charge is 1.98. The Balaban J connectivity index is 1.83. The second-order valence-electron chi connectivity index (χ2n) is 8.27. The van der Waals surface area contributed by atoms with Crippen molar-refractivity contribution in [2.24, 2.45) is 0 Å². The molecule has 0 aromatic heterocycles. The maximum Gasteiger partial charge on any atom is 0.119 e. The molecule has 0 aliphatic rings. The minimum absolute atomic E-state index is 0.802. The predicted octanol–water partition coefficient (Wildman–Crippen LogP) is 8.05. The van der Waals surface area contributed by atoms with Gasteiger partial charge in [-0.05, 0) is 37.1 Å². The third-order valence-electron chi connectivity index (χ3n) is 5.41.